The summed E-state index contributed by atoms with van der Waals surface area (Å²) in [5.74, 6) is 0.444. The predicted molar refractivity (Wildman–Crippen MR) is 133 cm³/mol. The molecule has 176 valence electrons. The summed E-state index contributed by atoms with van der Waals surface area (Å²) in [6.45, 7) is 4.47. The SMILES string of the molecule is CCCCCCCCCC(=O)Oc1ccc(-c2cnc(CCCCCCCC)cn2)cc1. The van der Waals surface area contributed by atoms with Crippen LogP contribution in [0.15, 0.2) is 36.7 Å². The molecule has 0 bridgehead atoms. The van der Waals surface area contributed by atoms with E-state index < -0.39 is 0 Å². The number of benzene rings is 1. The Morgan fingerprint density at radius 2 is 1.31 bits per heavy atom. The molecule has 1 heterocycles. The third-order valence-electron chi connectivity index (χ3n) is 5.86. The number of esters is 1. The van der Waals surface area contributed by atoms with Gasteiger partial charge in [-0.2, -0.15) is 0 Å². The predicted octanol–water partition coefficient (Wildman–Crippen LogP) is 8.09. The number of carbonyl (C=O) groups is 1. The molecule has 0 aliphatic carbocycles. The smallest absolute Gasteiger partial charge is 0.311 e. The molecule has 0 aliphatic rings. The van der Waals surface area contributed by atoms with Crippen LogP contribution in [0.4, 0.5) is 0 Å². The van der Waals surface area contributed by atoms with Crippen molar-refractivity contribution < 1.29 is 9.53 Å². The van der Waals surface area contributed by atoms with E-state index in [-0.39, 0.29) is 5.97 Å². The zero-order chi connectivity index (χ0) is 22.9. The van der Waals surface area contributed by atoms with Crippen LogP contribution in [0.25, 0.3) is 11.3 Å². The lowest BCUT2D eigenvalue weighted by atomic mass is 10.1. The van der Waals surface area contributed by atoms with E-state index in [1.165, 1.54) is 70.6 Å². The van der Waals surface area contributed by atoms with Gasteiger partial charge in [0.05, 0.1) is 17.6 Å². The standard InChI is InChI=1S/C28H42N2O2/c1-3-5-7-9-11-13-15-17-28(31)32-26-20-18-24(19-21-26)27-23-29-25(22-30-27)16-14-12-10-8-6-4-2/h18-23H,3-17H2,1-2H3. The zero-order valence-electron chi connectivity index (χ0n) is 20.3. The molecule has 0 saturated carbocycles. The largest absolute Gasteiger partial charge is 0.427 e. The maximum Gasteiger partial charge on any atom is 0.311 e. The molecule has 1 aromatic carbocycles. The van der Waals surface area contributed by atoms with E-state index >= 15 is 0 Å². The van der Waals surface area contributed by atoms with Gasteiger partial charge >= 0.3 is 5.97 Å². The molecule has 0 amide bonds. The molecular weight excluding hydrogens is 396 g/mol. The van der Waals surface area contributed by atoms with Gasteiger partial charge in [-0.25, -0.2) is 0 Å². The summed E-state index contributed by atoms with van der Waals surface area (Å²) >= 11 is 0. The molecule has 0 unspecified atom stereocenters. The summed E-state index contributed by atoms with van der Waals surface area (Å²) in [5.41, 5.74) is 2.88. The Kier molecular flexibility index (Phi) is 13.3. The van der Waals surface area contributed by atoms with Crippen LogP contribution < -0.4 is 4.74 Å². The van der Waals surface area contributed by atoms with E-state index in [9.17, 15) is 4.79 Å². The van der Waals surface area contributed by atoms with E-state index in [1.807, 2.05) is 36.7 Å². The summed E-state index contributed by atoms with van der Waals surface area (Å²) in [4.78, 5) is 21.2. The summed E-state index contributed by atoms with van der Waals surface area (Å²) in [5, 5.41) is 0. The Labute approximate surface area is 195 Å². The number of hydrogen-bond donors (Lipinski definition) is 0. The molecule has 32 heavy (non-hydrogen) atoms. The van der Waals surface area contributed by atoms with Crippen molar-refractivity contribution in [3.63, 3.8) is 0 Å². The van der Waals surface area contributed by atoms with Crippen molar-refractivity contribution in [1.29, 1.82) is 0 Å². The number of carbonyl (C=O) groups excluding carboxylic acids is 1. The van der Waals surface area contributed by atoms with Gasteiger partial charge in [0.2, 0.25) is 0 Å². The van der Waals surface area contributed by atoms with Crippen molar-refractivity contribution in [2.45, 2.75) is 110 Å². The van der Waals surface area contributed by atoms with Crippen molar-refractivity contribution >= 4 is 5.97 Å². The molecule has 0 fully saturated rings. The highest BCUT2D eigenvalue weighted by atomic mass is 16.5. The summed E-state index contributed by atoms with van der Waals surface area (Å²) < 4.78 is 5.47. The molecule has 0 atom stereocenters. The van der Waals surface area contributed by atoms with Crippen molar-refractivity contribution in [2.75, 3.05) is 0 Å². The first-order valence-corrected chi connectivity index (χ1v) is 12.8. The fraction of sp³-hybridized carbons (Fsp3) is 0.607. The third kappa shape index (κ3) is 10.9. The Balaban J connectivity index is 1.68. The molecular formula is C28H42N2O2. The summed E-state index contributed by atoms with van der Waals surface area (Å²) in [6, 6.07) is 7.55. The molecule has 0 aliphatic heterocycles. The van der Waals surface area contributed by atoms with Crippen molar-refractivity contribution in [2.24, 2.45) is 0 Å². The lowest BCUT2D eigenvalue weighted by Gasteiger charge is -2.07. The van der Waals surface area contributed by atoms with Crippen LogP contribution in [-0.4, -0.2) is 15.9 Å². The van der Waals surface area contributed by atoms with Crippen molar-refractivity contribution in [1.82, 2.24) is 9.97 Å². The van der Waals surface area contributed by atoms with Gasteiger partial charge in [0, 0.05) is 18.2 Å². The highest BCUT2D eigenvalue weighted by molar-refractivity contribution is 5.72. The van der Waals surface area contributed by atoms with Crippen molar-refractivity contribution in [3.05, 3.63) is 42.4 Å². The van der Waals surface area contributed by atoms with Crippen LogP contribution >= 0.6 is 0 Å². The quantitative estimate of drug-likeness (QED) is 0.142. The molecule has 2 aromatic rings. The highest BCUT2D eigenvalue weighted by Crippen LogP contribution is 2.21. The lowest BCUT2D eigenvalue weighted by molar-refractivity contribution is -0.134. The second kappa shape index (κ2) is 16.4. The van der Waals surface area contributed by atoms with E-state index in [2.05, 4.69) is 23.8 Å². The first kappa shape index (κ1) is 26.0. The van der Waals surface area contributed by atoms with Gasteiger partial charge in [0.1, 0.15) is 5.75 Å². The number of aryl methyl sites for hydroxylation is 1. The number of nitrogens with zero attached hydrogens (tertiary/aromatic N) is 2. The Hall–Kier alpha value is -2.23. The molecule has 2 rings (SSSR count). The molecule has 4 nitrogen and oxygen atoms in total. The van der Waals surface area contributed by atoms with Gasteiger partial charge in [-0.1, -0.05) is 84.5 Å². The van der Waals surface area contributed by atoms with Gasteiger partial charge in [-0.05, 0) is 43.5 Å². The van der Waals surface area contributed by atoms with Gasteiger partial charge < -0.3 is 4.74 Å². The summed E-state index contributed by atoms with van der Waals surface area (Å²) in [7, 11) is 0. The topological polar surface area (TPSA) is 52.1 Å². The average Bonchev–Trinajstić information content (AvgIpc) is 2.82. The minimum atomic E-state index is -0.148. The second-order valence-electron chi connectivity index (χ2n) is 8.78. The van der Waals surface area contributed by atoms with E-state index in [4.69, 9.17) is 4.74 Å². The molecule has 0 radical (unpaired) electrons. The van der Waals surface area contributed by atoms with Crippen LogP contribution in [0.1, 0.15) is 109 Å². The highest BCUT2D eigenvalue weighted by Gasteiger charge is 2.06. The van der Waals surface area contributed by atoms with Crippen LogP contribution in [-0.2, 0) is 11.2 Å². The first-order chi connectivity index (χ1) is 15.7. The van der Waals surface area contributed by atoms with Gasteiger partial charge in [-0.15, -0.1) is 0 Å². The molecule has 1 aromatic heterocycles. The van der Waals surface area contributed by atoms with Crippen LogP contribution in [0.2, 0.25) is 0 Å². The zero-order valence-corrected chi connectivity index (χ0v) is 20.3. The molecule has 0 saturated heterocycles. The van der Waals surface area contributed by atoms with Gasteiger partial charge in [0.15, 0.2) is 0 Å². The van der Waals surface area contributed by atoms with E-state index in [0.717, 1.165) is 36.2 Å². The number of ether oxygens (including phenoxy) is 1. The monoisotopic (exact) mass is 438 g/mol. The minimum absolute atomic E-state index is 0.148. The number of unbranched alkanes of at least 4 members (excludes halogenated alkanes) is 11. The molecule has 0 N–H and O–H groups in total. The molecule has 4 heteroatoms. The molecule has 0 spiro atoms. The van der Waals surface area contributed by atoms with E-state index in [1.54, 1.807) is 0 Å². The second-order valence-corrected chi connectivity index (χ2v) is 8.78. The fourth-order valence-corrected chi connectivity index (χ4v) is 3.82. The lowest BCUT2D eigenvalue weighted by Crippen LogP contribution is -2.07. The normalized spacial score (nSPS) is 10.9. The number of aromatic nitrogens is 2. The van der Waals surface area contributed by atoms with Crippen LogP contribution in [0.5, 0.6) is 5.75 Å². The van der Waals surface area contributed by atoms with Crippen molar-refractivity contribution in [3.8, 4) is 17.0 Å². The first-order valence-electron chi connectivity index (χ1n) is 12.8. The third-order valence-corrected chi connectivity index (χ3v) is 5.86. The maximum absolute atomic E-state index is 12.1. The Morgan fingerprint density at radius 1 is 0.719 bits per heavy atom. The minimum Gasteiger partial charge on any atom is -0.427 e. The average molecular weight is 439 g/mol. The van der Waals surface area contributed by atoms with Crippen LogP contribution in [0.3, 0.4) is 0 Å². The Morgan fingerprint density at radius 3 is 1.91 bits per heavy atom. The fourth-order valence-electron chi connectivity index (χ4n) is 3.82. The van der Waals surface area contributed by atoms with Gasteiger partial charge in [-0.3, -0.25) is 14.8 Å². The maximum atomic E-state index is 12.1. The summed E-state index contributed by atoms with van der Waals surface area (Å²) in [6.07, 6.45) is 21.3. The number of hydrogen-bond acceptors (Lipinski definition) is 4. The van der Waals surface area contributed by atoms with Crippen LogP contribution in [0, 0.1) is 0 Å². The van der Waals surface area contributed by atoms with Gasteiger partial charge in [0.25, 0.3) is 0 Å². The van der Waals surface area contributed by atoms with E-state index in [0.29, 0.717) is 12.2 Å². The number of rotatable bonds is 17. The Bertz CT molecular complexity index is 741.